The highest BCUT2D eigenvalue weighted by atomic mass is 79.9. The number of pyridine rings is 1. The lowest BCUT2D eigenvalue weighted by Crippen LogP contribution is -2.35. The fourth-order valence-electron chi connectivity index (χ4n) is 3.07. The van der Waals surface area contributed by atoms with Gasteiger partial charge in [-0.2, -0.15) is 0 Å². The average Bonchev–Trinajstić information content (AvgIpc) is 2.79. The summed E-state index contributed by atoms with van der Waals surface area (Å²) in [6.45, 7) is 0. The molecule has 20 heavy (non-hydrogen) atoms. The van der Waals surface area contributed by atoms with Crippen LogP contribution in [0.3, 0.4) is 0 Å². The Morgan fingerprint density at radius 2 is 2.15 bits per heavy atom. The SMILES string of the molecule is O=C(O)C1(Cc2cncc(Br)c2)CCc2ccccc21. The third kappa shape index (κ3) is 2.14. The molecule has 1 heterocycles. The highest BCUT2D eigenvalue weighted by molar-refractivity contribution is 9.10. The lowest BCUT2D eigenvalue weighted by atomic mass is 9.77. The van der Waals surface area contributed by atoms with Gasteiger partial charge in [-0.25, -0.2) is 0 Å². The zero-order valence-corrected chi connectivity index (χ0v) is 12.4. The van der Waals surface area contributed by atoms with Crippen molar-refractivity contribution < 1.29 is 9.90 Å². The average molecular weight is 332 g/mol. The smallest absolute Gasteiger partial charge is 0.314 e. The van der Waals surface area contributed by atoms with Crippen LogP contribution in [0.1, 0.15) is 23.1 Å². The Morgan fingerprint density at radius 1 is 1.35 bits per heavy atom. The van der Waals surface area contributed by atoms with Gasteiger partial charge < -0.3 is 5.11 Å². The first-order valence-electron chi connectivity index (χ1n) is 6.53. The normalized spacial score (nSPS) is 20.6. The number of carboxylic acid groups (broad SMARTS) is 1. The van der Waals surface area contributed by atoms with Gasteiger partial charge in [-0.05, 0) is 57.9 Å². The van der Waals surface area contributed by atoms with Gasteiger partial charge in [0.15, 0.2) is 0 Å². The second-order valence-corrected chi connectivity index (χ2v) is 6.15. The van der Waals surface area contributed by atoms with E-state index >= 15 is 0 Å². The van der Waals surface area contributed by atoms with E-state index in [1.165, 1.54) is 0 Å². The number of aromatic nitrogens is 1. The molecule has 0 fully saturated rings. The monoisotopic (exact) mass is 331 g/mol. The predicted molar refractivity (Wildman–Crippen MR) is 79.7 cm³/mol. The largest absolute Gasteiger partial charge is 0.481 e. The first-order valence-corrected chi connectivity index (χ1v) is 7.32. The first kappa shape index (κ1) is 13.3. The summed E-state index contributed by atoms with van der Waals surface area (Å²) in [4.78, 5) is 16.1. The molecule has 0 aliphatic heterocycles. The van der Waals surface area contributed by atoms with Gasteiger partial charge in [-0.15, -0.1) is 0 Å². The maximum atomic E-state index is 11.9. The summed E-state index contributed by atoms with van der Waals surface area (Å²) in [6, 6.07) is 9.80. The van der Waals surface area contributed by atoms with Gasteiger partial charge in [0.25, 0.3) is 0 Å². The van der Waals surface area contributed by atoms with E-state index in [9.17, 15) is 9.90 Å². The number of carboxylic acids is 1. The fraction of sp³-hybridized carbons (Fsp3) is 0.250. The fourth-order valence-corrected chi connectivity index (χ4v) is 3.48. The molecule has 1 atom stereocenters. The Labute approximate surface area is 125 Å². The van der Waals surface area contributed by atoms with E-state index in [1.807, 2.05) is 30.3 Å². The van der Waals surface area contributed by atoms with Crippen molar-refractivity contribution >= 4 is 21.9 Å². The molecule has 1 aliphatic carbocycles. The maximum Gasteiger partial charge on any atom is 0.314 e. The van der Waals surface area contributed by atoms with E-state index in [1.54, 1.807) is 12.4 Å². The van der Waals surface area contributed by atoms with Crippen molar-refractivity contribution in [3.05, 3.63) is 63.9 Å². The molecule has 1 aromatic heterocycles. The van der Waals surface area contributed by atoms with Crippen molar-refractivity contribution in [3.8, 4) is 0 Å². The summed E-state index contributed by atoms with van der Waals surface area (Å²) in [5.41, 5.74) is 2.22. The minimum absolute atomic E-state index is 0.478. The third-order valence-electron chi connectivity index (χ3n) is 4.03. The molecule has 1 aliphatic rings. The summed E-state index contributed by atoms with van der Waals surface area (Å²) in [7, 11) is 0. The molecule has 0 bridgehead atoms. The Hall–Kier alpha value is -1.68. The molecule has 2 aromatic rings. The number of aryl methyl sites for hydroxylation is 1. The van der Waals surface area contributed by atoms with Crippen molar-refractivity contribution in [1.82, 2.24) is 4.98 Å². The van der Waals surface area contributed by atoms with Gasteiger partial charge in [-0.1, -0.05) is 24.3 Å². The van der Waals surface area contributed by atoms with Crippen LogP contribution in [-0.2, 0) is 23.1 Å². The number of fused-ring (bicyclic) bond motifs is 1. The Morgan fingerprint density at radius 3 is 2.90 bits per heavy atom. The van der Waals surface area contributed by atoms with Crippen LogP contribution >= 0.6 is 15.9 Å². The van der Waals surface area contributed by atoms with Gasteiger partial charge >= 0.3 is 5.97 Å². The molecular formula is C16H14BrNO2. The quantitative estimate of drug-likeness (QED) is 0.938. The molecule has 1 unspecified atom stereocenters. The van der Waals surface area contributed by atoms with Gasteiger partial charge in [0.2, 0.25) is 0 Å². The summed E-state index contributed by atoms with van der Waals surface area (Å²) in [5.74, 6) is -0.748. The van der Waals surface area contributed by atoms with Gasteiger partial charge in [0.1, 0.15) is 0 Å². The molecule has 0 amide bonds. The number of benzene rings is 1. The van der Waals surface area contributed by atoms with Crippen molar-refractivity contribution in [3.63, 3.8) is 0 Å². The number of hydrogen-bond acceptors (Lipinski definition) is 2. The molecule has 0 radical (unpaired) electrons. The van der Waals surface area contributed by atoms with E-state index in [0.717, 1.165) is 27.6 Å². The lowest BCUT2D eigenvalue weighted by molar-refractivity contribution is -0.143. The van der Waals surface area contributed by atoms with E-state index in [4.69, 9.17) is 0 Å². The molecule has 0 spiro atoms. The van der Waals surface area contributed by atoms with Gasteiger partial charge in [0, 0.05) is 16.9 Å². The van der Waals surface area contributed by atoms with Crippen LogP contribution in [0, 0.1) is 0 Å². The molecule has 1 aromatic carbocycles. The Bertz CT molecular complexity index is 671. The summed E-state index contributed by atoms with van der Waals surface area (Å²) >= 11 is 3.39. The topological polar surface area (TPSA) is 50.2 Å². The lowest BCUT2D eigenvalue weighted by Gasteiger charge is -2.25. The number of nitrogens with zero attached hydrogens (tertiary/aromatic N) is 1. The summed E-state index contributed by atoms with van der Waals surface area (Å²) in [5, 5.41) is 9.81. The van der Waals surface area contributed by atoms with E-state index in [0.29, 0.717) is 12.8 Å². The van der Waals surface area contributed by atoms with Gasteiger partial charge in [-0.3, -0.25) is 9.78 Å². The van der Waals surface area contributed by atoms with Crippen LogP contribution in [0.4, 0.5) is 0 Å². The van der Waals surface area contributed by atoms with Crippen LogP contribution in [0.15, 0.2) is 47.2 Å². The number of carbonyl (C=O) groups is 1. The molecule has 0 saturated carbocycles. The van der Waals surface area contributed by atoms with Crippen molar-refractivity contribution in [2.24, 2.45) is 0 Å². The molecule has 4 heteroatoms. The highest BCUT2D eigenvalue weighted by Gasteiger charge is 2.45. The minimum atomic E-state index is -0.820. The van der Waals surface area contributed by atoms with Crippen molar-refractivity contribution in [2.75, 3.05) is 0 Å². The van der Waals surface area contributed by atoms with Crippen LogP contribution < -0.4 is 0 Å². The second kappa shape index (κ2) is 5.02. The predicted octanol–water partition coefficient (Wildman–Crippen LogP) is 3.36. The number of hydrogen-bond donors (Lipinski definition) is 1. The minimum Gasteiger partial charge on any atom is -0.481 e. The summed E-state index contributed by atoms with van der Waals surface area (Å²) < 4.78 is 0.877. The Kier molecular flexibility index (Phi) is 3.34. The standard InChI is InChI=1S/C16H14BrNO2/c17-13-7-11(9-18-10-13)8-16(15(19)20)6-5-12-3-1-2-4-14(12)16/h1-4,7,9-10H,5-6,8H2,(H,19,20). The van der Waals surface area contributed by atoms with Crippen LogP contribution in [0.5, 0.6) is 0 Å². The maximum absolute atomic E-state index is 11.9. The molecule has 3 nitrogen and oxygen atoms in total. The Balaban J connectivity index is 2.05. The summed E-state index contributed by atoms with van der Waals surface area (Å²) in [6.07, 6.45) is 5.40. The zero-order chi connectivity index (χ0) is 14.2. The van der Waals surface area contributed by atoms with Gasteiger partial charge in [0.05, 0.1) is 5.41 Å². The molecule has 1 N–H and O–H groups in total. The zero-order valence-electron chi connectivity index (χ0n) is 10.8. The van der Waals surface area contributed by atoms with E-state index in [-0.39, 0.29) is 0 Å². The number of aliphatic carboxylic acids is 1. The van der Waals surface area contributed by atoms with E-state index in [2.05, 4.69) is 20.9 Å². The van der Waals surface area contributed by atoms with E-state index < -0.39 is 11.4 Å². The number of rotatable bonds is 3. The molecule has 0 saturated heterocycles. The van der Waals surface area contributed by atoms with Crippen LogP contribution in [-0.4, -0.2) is 16.1 Å². The van der Waals surface area contributed by atoms with Crippen LogP contribution in [0.25, 0.3) is 0 Å². The third-order valence-corrected chi connectivity index (χ3v) is 4.46. The first-order chi connectivity index (χ1) is 9.62. The van der Waals surface area contributed by atoms with Crippen molar-refractivity contribution in [2.45, 2.75) is 24.7 Å². The van der Waals surface area contributed by atoms with Crippen molar-refractivity contribution in [1.29, 1.82) is 0 Å². The highest BCUT2D eigenvalue weighted by Crippen LogP contribution is 2.41. The molecule has 102 valence electrons. The molecule has 3 rings (SSSR count). The van der Waals surface area contributed by atoms with Crippen LogP contribution in [0.2, 0.25) is 0 Å². The molecular weight excluding hydrogens is 318 g/mol. The second-order valence-electron chi connectivity index (χ2n) is 5.23. The number of halogens is 1.